The number of nitrogens with zero attached hydrogens (tertiary/aromatic N) is 1. The first-order chi connectivity index (χ1) is 8.70. The summed E-state index contributed by atoms with van der Waals surface area (Å²) >= 11 is 3.06. The zero-order valence-electron chi connectivity index (χ0n) is 9.87. The lowest BCUT2D eigenvalue weighted by Crippen LogP contribution is -2.10. The molecule has 0 saturated heterocycles. The topological polar surface area (TPSA) is 50.2 Å². The minimum atomic E-state index is -0.806. The van der Waals surface area contributed by atoms with Gasteiger partial charge in [0.25, 0.3) is 0 Å². The van der Waals surface area contributed by atoms with Gasteiger partial charge >= 0.3 is 5.97 Å². The van der Waals surface area contributed by atoms with Crippen LogP contribution in [-0.4, -0.2) is 16.1 Å². The third-order valence-electron chi connectivity index (χ3n) is 2.51. The zero-order chi connectivity index (χ0) is 13.0. The van der Waals surface area contributed by atoms with Crippen molar-refractivity contribution in [1.82, 2.24) is 4.98 Å². The van der Waals surface area contributed by atoms with Gasteiger partial charge in [0.2, 0.25) is 0 Å². The van der Waals surface area contributed by atoms with Crippen molar-refractivity contribution < 1.29 is 9.90 Å². The summed E-state index contributed by atoms with van der Waals surface area (Å²) in [6, 6.07) is 9.95. The fraction of sp³-hybridized carbons (Fsp3) is 0.231. The van der Waals surface area contributed by atoms with Crippen molar-refractivity contribution in [3.8, 4) is 0 Å². The van der Waals surface area contributed by atoms with Crippen molar-refractivity contribution in [1.29, 1.82) is 0 Å². The lowest BCUT2D eigenvalue weighted by Gasteiger charge is -2.04. The van der Waals surface area contributed by atoms with Crippen LogP contribution in [0.3, 0.4) is 0 Å². The highest BCUT2D eigenvalue weighted by Gasteiger charge is 2.20. The molecule has 0 spiro atoms. The molecular weight excluding hydrogens is 266 g/mol. The highest BCUT2D eigenvalue weighted by atomic mass is 32.2. The molecule has 2 rings (SSSR count). The molecular formula is C13H13NO2S2. The van der Waals surface area contributed by atoms with E-state index in [4.69, 9.17) is 5.11 Å². The summed E-state index contributed by atoms with van der Waals surface area (Å²) in [6.07, 6.45) is 0.564. The molecule has 1 unspecified atom stereocenters. The van der Waals surface area contributed by atoms with Crippen molar-refractivity contribution in [3.05, 3.63) is 41.4 Å². The lowest BCUT2D eigenvalue weighted by atomic mass is 10.0. The van der Waals surface area contributed by atoms with E-state index < -0.39 is 11.9 Å². The van der Waals surface area contributed by atoms with Crippen LogP contribution in [0.2, 0.25) is 0 Å². The monoisotopic (exact) mass is 279 g/mol. The standard InChI is InChI=1S/C13H13NO2S2/c1-2-10(12(15)16)11-8-17-13(14-11)18-9-6-4-3-5-7-9/h3-8,10H,2H2,1H3,(H,15,16). The first-order valence-corrected chi connectivity index (χ1v) is 7.31. The van der Waals surface area contributed by atoms with Gasteiger partial charge in [0.15, 0.2) is 4.34 Å². The highest BCUT2D eigenvalue weighted by Crippen LogP contribution is 2.32. The van der Waals surface area contributed by atoms with Gasteiger partial charge < -0.3 is 5.11 Å². The van der Waals surface area contributed by atoms with Crippen molar-refractivity contribution in [2.45, 2.75) is 28.5 Å². The normalized spacial score (nSPS) is 12.3. The quantitative estimate of drug-likeness (QED) is 0.902. The lowest BCUT2D eigenvalue weighted by molar-refractivity contribution is -0.138. The predicted octanol–water partition coefficient (Wildman–Crippen LogP) is 3.87. The molecule has 5 heteroatoms. The number of aromatic nitrogens is 1. The molecule has 0 amide bonds. The van der Waals surface area contributed by atoms with E-state index in [1.54, 1.807) is 11.8 Å². The molecule has 1 atom stereocenters. The van der Waals surface area contributed by atoms with E-state index in [-0.39, 0.29) is 0 Å². The van der Waals surface area contributed by atoms with Crippen LogP contribution >= 0.6 is 23.1 Å². The molecule has 3 nitrogen and oxygen atoms in total. The Morgan fingerprint density at radius 2 is 2.17 bits per heavy atom. The maximum Gasteiger partial charge on any atom is 0.312 e. The smallest absolute Gasteiger partial charge is 0.312 e. The van der Waals surface area contributed by atoms with Crippen LogP contribution in [0.5, 0.6) is 0 Å². The van der Waals surface area contributed by atoms with Gasteiger partial charge in [-0.1, -0.05) is 36.9 Å². The molecule has 0 fully saturated rings. The van der Waals surface area contributed by atoms with Crippen molar-refractivity contribution in [3.63, 3.8) is 0 Å². The van der Waals surface area contributed by atoms with E-state index in [1.165, 1.54) is 11.3 Å². The molecule has 0 aliphatic heterocycles. The number of aliphatic carboxylic acids is 1. The van der Waals surface area contributed by atoms with E-state index in [9.17, 15) is 4.79 Å². The van der Waals surface area contributed by atoms with Gasteiger partial charge in [-0.05, 0) is 18.6 Å². The molecule has 1 aromatic heterocycles. The summed E-state index contributed by atoms with van der Waals surface area (Å²) < 4.78 is 0.885. The summed E-state index contributed by atoms with van der Waals surface area (Å²) in [7, 11) is 0. The zero-order valence-corrected chi connectivity index (χ0v) is 11.5. The van der Waals surface area contributed by atoms with Gasteiger partial charge in [-0.2, -0.15) is 0 Å². The van der Waals surface area contributed by atoms with Crippen molar-refractivity contribution >= 4 is 29.1 Å². The van der Waals surface area contributed by atoms with Crippen LogP contribution in [0.4, 0.5) is 0 Å². The molecule has 0 saturated carbocycles. The van der Waals surface area contributed by atoms with E-state index >= 15 is 0 Å². The fourth-order valence-corrected chi connectivity index (χ4v) is 3.44. The molecule has 0 radical (unpaired) electrons. The van der Waals surface area contributed by atoms with Gasteiger partial charge in [0.1, 0.15) is 0 Å². The highest BCUT2D eigenvalue weighted by molar-refractivity contribution is 8.01. The van der Waals surface area contributed by atoms with Crippen LogP contribution in [0, 0.1) is 0 Å². The Morgan fingerprint density at radius 1 is 1.44 bits per heavy atom. The van der Waals surface area contributed by atoms with Gasteiger partial charge in [0.05, 0.1) is 11.6 Å². The Morgan fingerprint density at radius 3 is 2.78 bits per heavy atom. The number of carbonyl (C=O) groups is 1. The van der Waals surface area contributed by atoms with Crippen molar-refractivity contribution in [2.24, 2.45) is 0 Å². The van der Waals surface area contributed by atoms with Gasteiger partial charge in [-0.3, -0.25) is 4.79 Å². The molecule has 2 aromatic rings. The minimum absolute atomic E-state index is 0.494. The van der Waals surface area contributed by atoms with E-state index in [2.05, 4.69) is 4.98 Å². The molecule has 1 heterocycles. The molecule has 1 N–H and O–H groups in total. The van der Waals surface area contributed by atoms with E-state index in [1.807, 2.05) is 42.6 Å². The summed E-state index contributed by atoms with van der Waals surface area (Å²) in [5, 5.41) is 10.9. The molecule has 94 valence electrons. The average Bonchev–Trinajstić information content (AvgIpc) is 2.79. The number of carboxylic acid groups (broad SMARTS) is 1. The first-order valence-electron chi connectivity index (χ1n) is 5.62. The Labute approximate surface area is 114 Å². The van der Waals surface area contributed by atoms with Crippen LogP contribution in [0.25, 0.3) is 0 Å². The second kappa shape index (κ2) is 6.02. The third kappa shape index (κ3) is 3.11. The number of hydrogen-bond donors (Lipinski definition) is 1. The fourth-order valence-electron chi connectivity index (χ4n) is 1.58. The molecule has 1 aromatic carbocycles. The van der Waals surface area contributed by atoms with E-state index in [0.29, 0.717) is 12.1 Å². The van der Waals surface area contributed by atoms with Gasteiger partial charge in [-0.25, -0.2) is 4.98 Å². The first kappa shape index (κ1) is 13.1. The minimum Gasteiger partial charge on any atom is -0.481 e. The molecule has 0 bridgehead atoms. The predicted molar refractivity (Wildman–Crippen MR) is 73.3 cm³/mol. The Hall–Kier alpha value is -1.33. The van der Waals surface area contributed by atoms with Crippen LogP contribution < -0.4 is 0 Å². The number of carboxylic acids is 1. The number of benzene rings is 1. The van der Waals surface area contributed by atoms with Crippen LogP contribution in [0.1, 0.15) is 25.0 Å². The molecule has 0 aliphatic rings. The Balaban J connectivity index is 2.13. The molecule has 0 aliphatic carbocycles. The van der Waals surface area contributed by atoms with E-state index in [0.717, 1.165) is 9.24 Å². The van der Waals surface area contributed by atoms with Crippen molar-refractivity contribution in [2.75, 3.05) is 0 Å². The average molecular weight is 279 g/mol. The summed E-state index contributed by atoms with van der Waals surface area (Å²) in [4.78, 5) is 16.6. The Bertz CT molecular complexity index is 525. The number of thiazole rings is 1. The van der Waals surface area contributed by atoms with Crippen LogP contribution in [0.15, 0.2) is 44.9 Å². The number of rotatable bonds is 5. The SMILES string of the molecule is CCC(C(=O)O)c1csc(Sc2ccccc2)n1. The maximum absolute atomic E-state index is 11.1. The Kier molecular flexibility index (Phi) is 4.38. The number of hydrogen-bond acceptors (Lipinski definition) is 4. The molecule has 18 heavy (non-hydrogen) atoms. The second-order valence-corrected chi connectivity index (χ2v) is 5.93. The van der Waals surface area contributed by atoms with Crippen LogP contribution in [-0.2, 0) is 4.79 Å². The summed E-state index contributed by atoms with van der Waals surface area (Å²) in [5.74, 6) is -1.30. The maximum atomic E-state index is 11.1. The second-order valence-electron chi connectivity index (χ2n) is 3.75. The summed E-state index contributed by atoms with van der Waals surface area (Å²) in [6.45, 7) is 1.86. The third-order valence-corrected chi connectivity index (χ3v) is 4.48. The largest absolute Gasteiger partial charge is 0.481 e. The van der Waals surface area contributed by atoms with Gasteiger partial charge in [-0.15, -0.1) is 11.3 Å². The van der Waals surface area contributed by atoms with Gasteiger partial charge in [0, 0.05) is 10.3 Å². The summed E-state index contributed by atoms with van der Waals surface area (Å²) in [5.41, 5.74) is 0.661.